The summed E-state index contributed by atoms with van der Waals surface area (Å²) in [7, 11) is 0. The number of thiophene rings is 1. The molecule has 1 aromatic heterocycles. The maximum atomic E-state index is 12.9. The number of ether oxygens (including phenoxy) is 1. The Labute approximate surface area is 183 Å². The van der Waals surface area contributed by atoms with Crippen LogP contribution in [-0.4, -0.2) is 30.6 Å². The standard InChI is InChI=1S/C24H34N2O3S/c1-3-29-23(28)21-18-5-4-14(2)6-19(18)30-22(21)26-20(27)13-25-24-10-15-7-16(11-24)9-17(8-15)12-24/h14-17,25H,3-13H2,1-2H3,(H,26,27)/p+1/t14-,15?,16?,17?,24?/m1/s1. The molecule has 4 bridgehead atoms. The number of hydrogen-bond acceptors (Lipinski definition) is 4. The molecule has 1 amide bonds. The van der Waals surface area contributed by atoms with Gasteiger partial charge in [0.2, 0.25) is 0 Å². The first kappa shape index (κ1) is 20.5. The maximum Gasteiger partial charge on any atom is 0.341 e. The van der Waals surface area contributed by atoms with Crippen molar-refractivity contribution in [2.24, 2.45) is 23.7 Å². The molecule has 30 heavy (non-hydrogen) atoms. The van der Waals surface area contributed by atoms with E-state index in [-0.39, 0.29) is 11.9 Å². The molecule has 5 aliphatic rings. The van der Waals surface area contributed by atoms with Gasteiger partial charge in [0.25, 0.3) is 5.91 Å². The van der Waals surface area contributed by atoms with Gasteiger partial charge < -0.3 is 15.4 Å². The number of carbonyl (C=O) groups is 2. The van der Waals surface area contributed by atoms with Crippen LogP contribution in [0.4, 0.5) is 5.00 Å². The van der Waals surface area contributed by atoms with Crippen LogP contribution in [0.25, 0.3) is 0 Å². The molecule has 3 N–H and O–H groups in total. The highest BCUT2D eigenvalue weighted by molar-refractivity contribution is 7.17. The molecule has 6 rings (SSSR count). The van der Waals surface area contributed by atoms with E-state index in [4.69, 9.17) is 4.74 Å². The summed E-state index contributed by atoms with van der Waals surface area (Å²) >= 11 is 1.59. The Hall–Kier alpha value is -1.40. The molecule has 1 atom stereocenters. The molecule has 0 radical (unpaired) electrons. The van der Waals surface area contributed by atoms with Crippen molar-refractivity contribution in [2.75, 3.05) is 18.5 Å². The van der Waals surface area contributed by atoms with Crippen molar-refractivity contribution in [1.82, 2.24) is 0 Å². The van der Waals surface area contributed by atoms with Crippen LogP contribution >= 0.6 is 11.3 Å². The highest BCUT2D eigenvalue weighted by atomic mass is 32.1. The molecule has 164 valence electrons. The largest absolute Gasteiger partial charge is 0.462 e. The number of carbonyl (C=O) groups excluding carboxylic acids is 2. The number of fused-ring (bicyclic) bond motifs is 1. The van der Waals surface area contributed by atoms with Gasteiger partial charge in [-0.3, -0.25) is 4.79 Å². The fourth-order valence-corrected chi connectivity index (χ4v) is 8.59. The fraction of sp³-hybridized carbons (Fsp3) is 0.750. The molecule has 4 saturated carbocycles. The molecule has 0 saturated heterocycles. The van der Waals surface area contributed by atoms with Crippen molar-refractivity contribution in [3.05, 3.63) is 16.0 Å². The van der Waals surface area contributed by atoms with Gasteiger partial charge in [0, 0.05) is 24.1 Å². The SMILES string of the molecule is CCOC(=O)c1c(NC(=O)C[NH2+]C23CC4CC(CC(C4)C2)C3)sc2c1CC[C@@H](C)C2. The van der Waals surface area contributed by atoms with Gasteiger partial charge in [-0.05, 0) is 74.7 Å². The Morgan fingerprint density at radius 3 is 2.47 bits per heavy atom. The van der Waals surface area contributed by atoms with Gasteiger partial charge in [-0.25, -0.2) is 4.79 Å². The summed E-state index contributed by atoms with van der Waals surface area (Å²) in [5, 5.41) is 6.15. The summed E-state index contributed by atoms with van der Waals surface area (Å²) in [5.74, 6) is 3.01. The molecule has 1 aromatic rings. The van der Waals surface area contributed by atoms with E-state index in [9.17, 15) is 9.59 Å². The van der Waals surface area contributed by atoms with Crippen LogP contribution in [0.1, 0.15) is 79.6 Å². The molecule has 4 fully saturated rings. The van der Waals surface area contributed by atoms with E-state index >= 15 is 0 Å². The van der Waals surface area contributed by atoms with Gasteiger partial charge in [-0.15, -0.1) is 11.3 Å². The van der Waals surface area contributed by atoms with Crippen molar-refractivity contribution in [3.8, 4) is 0 Å². The Morgan fingerprint density at radius 2 is 1.83 bits per heavy atom. The van der Waals surface area contributed by atoms with Crippen LogP contribution in [0.2, 0.25) is 0 Å². The molecular formula is C24H35N2O3S+. The summed E-state index contributed by atoms with van der Waals surface area (Å²) in [6.45, 7) is 4.89. The summed E-state index contributed by atoms with van der Waals surface area (Å²) in [4.78, 5) is 26.8. The number of amides is 1. The molecule has 6 heteroatoms. The van der Waals surface area contributed by atoms with Gasteiger partial charge >= 0.3 is 5.97 Å². The zero-order valence-electron chi connectivity index (χ0n) is 18.3. The Kier molecular flexibility index (Phi) is 5.42. The third-order valence-electron chi connectivity index (χ3n) is 8.05. The van der Waals surface area contributed by atoms with Crippen molar-refractivity contribution in [2.45, 2.75) is 77.2 Å². The molecule has 0 aromatic carbocycles. The normalized spacial score (nSPS) is 33.9. The average Bonchev–Trinajstić information content (AvgIpc) is 3.02. The van der Waals surface area contributed by atoms with Crippen molar-refractivity contribution >= 4 is 28.2 Å². The number of hydrogen-bond donors (Lipinski definition) is 2. The summed E-state index contributed by atoms with van der Waals surface area (Å²) in [5.41, 5.74) is 2.02. The minimum Gasteiger partial charge on any atom is -0.462 e. The monoisotopic (exact) mass is 431 g/mol. The van der Waals surface area contributed by atoms with Crippen LogP contribution in [0.15, 0.2) is 0 Å². The lowest BCUT2D eigenvalue weighted by Crippen LogP contribution is -3.00. The van der Waals surface area contributed by atoms with E-state index in [0.717, 1.165) is 42.6 Å². The second-order valence-electron chi connectivity index (χ2n) is 10.5. The van der Waals surface area contributed by atoms with E-state index in [1.165, 1.54) is 43.4 Å². The quantitative estimate of drug-likeness (QED) is 0.677. The smallest absolute Gasteiger partial charge is 0.341 e. The lowest BCUT2D eigenvalue weighted by Gasteiger charge is -2.54. The van der Waals surface area contributed by atoms with Gasteiger partial charge in [0.1, 0.15) is 5.00 Å². The van der Waals surface area contributed by atoms with E-state index in [1.807, 2.05) is 6.92 Å². The predicted octanol–water partition coefficient (Wildman–Crippen LogP) is 3.52. The number of anilines is 1. The third-order valence-corrected chi connectivity index (χ3v) is 9.22. The van der Waals surface area contributed by atoms with Crippen molar-refractivity contribution in [3.63, 3.8) is 0 Å². The summed E-state index contributed by atoms with van der Waals surface area (Å²) in [6, 6.07) is 0. The lowest BCUT2D eigenvalue weighted by molar-refractivity contribution is -0.729. The van der Waals surface area contributed by atoms with Crippen LogP contribution in [0.3, 0.4) is 0 Å². The first-order valence-corrected chi connectivity index (χ1v) is 12.7. The number of nitrogens with two attached hydrogens (primary N) is 1. The molecule has 5 nitrogen and oxygen atoms in total. The van der Waals surface area contributed by atoms with Crippen LogP contribution in [-0.2, 0) is 22.4 Å². The zero-order chi connectivity index (χ0) is 20.9. The minimum absolute atomic E-state index is 0.0166. The predicted molar refractivity (Wildman–Crippen MR) is 118 cm³/mol. The molecule has 0 spiro atoms. The van der Waals surface area contributed by atoms with E-state index in [1.54, 1.807) is 11.3 Å². The highest BCUT2D eigenvalue weighted by Crippen LogP contribution is 2.54. The van der Waals surface area contributed by atoms with E-state index in [0.29, 0.717) is 35.2 Å². The van der Waals surface area contributed by atoms with Crippen LogP contribution in [0, 0.1) is 23.7 Å². The van der Waals surface area contributed by atoms with Crippen LogP contribution < -0.4 is 10.6 Å². The molecule has 1 heterocycles. The Morgan fingerprint density at radius 1 is 1.17 bits per heavy atom. The fourth-order valence-electron chi connectivity index (χ4n) is 7.17. The molecule has 5 aliphatic carbocycles. The van der Waals surface area contributed by atoms with Gasteiger partial charge in [-0.2, -0.15) is 0 Å². The minimum atomic E-state index is -0.287. The summed E-state index contributed by atoms with van der Waals surface area (Å²) in [6.07, 6.45) is 11.1. The maximum absolute atomic E-state index is 12.9. The number of esters is 1. The Bertz CT molecular complexity index is 810. The lowest BCUT2D eigenvalue weighted by atomic mass is 9.53. The van der Waals surface area contributed by atoms with Gasteiger partial charge in [-0.1, -0.05) is 6.92 Å². The second-order valence-corrected chi connectivity index (χ2v) is 11.6. The third kappa shape index (κ3) is 3.81. The number of quaternary nitrogens is 1. The van der Waals surface area contributed by atoms with Crippen molar-refractivity contribution < 1.29 is 19.6 Å². The average molecular weight is 432 g/mol. The topological polar surface area (TPSA) is 72.0 Å². The second kappa shape index (κ2) is 7.94. The molecule has 0 unspecified atom stereocenters. The number of nitrogens with one attached hydrogen (secondary N) is 1. The first-order chi connectivity index (χ1) is 14.4. The zero-order valence-corrected chi connectivity index (χ0v) is 19.1. The van der Waals surface area contributed by atoms with E-state index in [2.05, 4.69) is 17.6 Å². The first-order valence-electron chi connectivity index (χ1n) is 11.9. The molecular weight excluding hydrogens is 396 g/mol. The summed E-state index contributed by atoms with van der Waals surface area (Å²) < 4.78 is 5.33. The Balaban J connectivity index is 1.28. The van der Waals surface area contributed by atoms with Crippen LogP contribution in [0.5, 0.6) is 0 Å². The number of rotatable bonds is 6. The highest BCUT2D eigenvalue weighted by Gasteiger charge is 2.53. The molecule has 0 aliphatic heterocycles. The van der Waals surface area contributed by atoms with Gasteiger partial charge in [0.05, 0.1) is 17.7 Å². The van der Waals surface area contributed by atoms with E-state index < -0.39 is 0 Å². The van der Waals surface area contributed by atoms with Gasteiger partial charge in [0.15, 0.2) is 6.54 Å². The van der Waals surface area contributed by atoms with Crippen molar-refractivity contribution in [1.29, 1.82) is 0 Å².